The summed E-state index contributed by atoms with van der Waals surface area (Å²) in [6.07, 6.45) is 3.71. The number of pyridine rings is 2. The second-order valence-electron chi connectivity index (χ2n) is 6.45. The standard InChI is InChI=1S/C20H18N4O2.CH4O4S/c1-23-13-5-3-7-17(23)21-19(25)15-9-11-16(12-10-15)20(26)22-18-8-4-6-14-24(18)2;1-5-6(2,3)4/h3-14H,1-2H3;1H3,(H,2,3,4)/p+1. The minimum atomic E-state index is -4.41. The lowest BCUT2D eigenvalue weighted by molar-refractivity contribution is -0.657. The van der Waals surface area contributed by atoms with Crippen molar-refractivity contribution in [1.82, 2.24) is 0 Å². The number of nitrogens with one attached hydrogen (secondary N) is 2. The molecule has 0 aliphatic heterocycles. The first-order chi connectivity index (χ1) is 15.1. The van der Waals surface area contributed by atoms with Crippen molar-refractivity contribution in [3.8, 4) is 0 Å². The van der Waals surface area contributed by atoms with E-state index < -0.39 is 10.4 Å². The summed E-state index contributed by atoms with van der Waals surface area (Å²) < 4.78 is 34.7. The van der Waals surface area contributed by atoms with Crippen LogP contribution in [0.5, 0.6) is 0 Å². The van der Waals surface area contributed by atoms with Crippen LogP contribution in [-0.4, -0.2) is 31.9 Å². The third-order valence-electron chi connectivity index (χ3n) is 4.21. The highest BCUT2D eigenvalue weighted by molar-refractivity contribution is 7.80. The molecule has 11 heteroatoms. The molecule has 10 nitrogen and oxygen atoms in total. The van der Waals surface area contributed by atoms with Crippen molar-refractivity contribution in [1.29, 1.82) is 0 Å². The van der Waals surface area contributed by atoms with Crippen LogP contribution in [0.1, 0.15) is 20.7 Å². The van der Waals surface area contributed by atoms with E-state index in [0.717, 1.165) is 7.11 Å². The van der Waals surface area contributed by atoms with Crippen LogP contribution >= 0.6 is 0 Å². The molecule has 3 rings (SSSR count). The van der Waals surface area contributed by atoms with Crippen LogP contribution in [-0.2, 0) is 28.7 Å². The minimum absolute atomic E-state index is 0.229. The summed E-state index contributed by atoms with van der Waals surface area (Å²) >= 11 is 0. The van der Waals surface area contributed by atoms with Gasteiger partial charge in [0.1, 0.15) is 0 Å². The number of anilines is 2. The van der Waals surface area contributed by atoms with Crippen molar-refractivity contribution in [2.75, 3.05) is 17.7 Å². The van der Waals surface area contributed by atoms with Gasteiger partial charge in [-0.15, -0.1) is 0 Å². The Labute approximate surface area is 186 Å². The SMILES string of the molecule is COS(=O)(=O)[O-].C[n+]1ccccc1NC(=O)c1ccc(C(=O)Nc2cccc[n+]2C)cc1. The molecule has 1 aromatic carbocycles. The fourth-order valence-electron chi connectivity index (χ4n) is 2.46. The summed E-state index contributed by atoms with van der Waals surface area (Å²) in [4.78, 5) is 24.7. The molecule has 168 valence electrons. The van der Waals surface area contributed by atoms with E-state index in [-0.39, 0.29) is 11.8 Å². The van der Waals surface area contributed by atoms with Gasteiger partial charge in [0.05, 0.1) is 44.7 Å². The van der Waals surface area contributed by atoms with Gasteiger partial charge in [-0.1, -0.05) is 12.1 Å². The smallest absolute Gasteiger partial charge is 0.339 e. The third kappa shape index (κ3) is 7.54. The molecular formula is C21H23N4O6S+. The molecule has 0 fully saturated rings. The molecule has 0 aliphatic rings. The molecule has 2 amide bonds. The molecule has 0 aliphatic carbocycles. The topological polar surface area (TPSA) is 132 Å². The second-order valence-corrected chi connectivity index (χ2v) is 7.60. The van der Waals surface area contributed by atoms with Crippen molar-refractivity contribution >= 4 is 33.8 Å². The Hall–Kier alpha value is -3.67. The largest absolute Gasteiger partial charge is 0.726 e. The van der Waals surface area contributed by atoms with Gasteiger partial charge in [-0.2, -0.15) is 0 Å². The molecule has 2 aromatic heterocycles. The fourth-order valence-corrected chi connectivity index (χ4v) is 2.46. The van der Waals surface area contributed by atoms with E-state index >= 15 is 0 Å². The molecule has 0 saturated carbocycles. The van der Waals surface area contributed by atoms with E-state index in [0.29, 0.717) is 22.8 Å². The van der Waals surface area contributed by atoms with Crippen LogP contribution < -0.4 is 19.8 Å². The van der Waals surface area contributed by atoms with Crippen LogP contribution in [0.15, 0.2) is 73.1 Å². The summed E-state index contributed by atoms with van der Waals surface area (Å²) in [6, 6.07) is 17.7. The number of aromatic nitrogens is 2. The van der Waals surface area contributed by atoms with Gasteiger partial charge in [-0.25, -0.2) is 37.8 Å². The van der Waals surface area contributed by atoms with Crippen molar-refractivity contribution in [2.24, 2.45) is 14.1 Å². The molecule has 0 atom stereocenters. The second kappa shape index (κ2) is 11.1. The van der Waals surface area contributed by atoms with E-state index in [1.165, 1.54) is 0 Å². The van der Waals surface area contributed by atoms with Gasteiger partial charge < -0.3 is 4.55 Å². The van der Waals surface area contributed by atoms with E-state index in [1.807, 2.05) is 72.0 Å². The van der Waals surface area contributed by atoms with E-state index in [2.05, 4.69) is 14.8 Å². The van der Waals surface area contributed by atoms with Gasteiger partial charge in [-0.3, -0.25) is 4.18 Å². The lowest BCUT2D eigenvalue weighted by Gasteiger charge is -2.03. The molecular weight excluding hydrogens is 436 g/mol. The zero-order chi connectivity index (χ0) is 23.7. The highest BCUT2D eigenvalue weighted by Crippen LogP contribution is 2.09. The highest BCUT2D eigenvalue weighted by atomic mass is 32.3. The molecule has 0 saturated heterocycles. The monoisotopic (exact) mass is 459 g/mol. The Morgan fingerprint density at radius 3 is 1.41 bits per heavy atom. The minimum Gasteiger partial charge on any atom is -0.726 e. The molecule has 3 aromatic rings. The van der Waals surface area contributed by atoms with Crippen molar-refractivity contribution < 1.29 is 35.9 Å². The maximum absolute atomic E-state index is 12.4. The number of carbonyl (C=O) groups excluding carboxylic acids is 2. The molecule has 0 unspecified atom stereocenters. The molecule has 32 heavy (non-hydrogen) atoms. The van der Waals surface area contributed by atoms with Gasteiger partial charge in [-0.05, 0) is 36.4 Å². The Morgan fingerprint density at radius 1 is 0.781 bits per heavy atom. The Balaban J connectivity index is 0.000000534. The number of rotatable bonds is 5. The van der Waals surface area contributed by atoms with E-state index in [1.54, 1.807) is 24.3 Å². The quantitative estimate of drug-likeness (QED) is 0.331. The highest BCUT2D eigenvalue weighted by Gasteiger charge is 2.17. The van der Waals surface area contributed by atoms with Crippen LogP contribution in [0.2, 0.25) is 0 Å². The average molecular weight is 460 g/mol. The van der Waals surface area contributed by atoms with E-state index in [4.69, 9.17) is 0 Å². The van der Waals surface area contributed by atoms with E-state index in [9.17, 15) is 22.6 Å². The molecule has 0 radical (unpaired) electrons. The normalized spacial score (nSPS) is 10.5. The third-order valence-corrected chi connectivity index (χ3v) is 4.61. The molecule has 0 spiro atoms. The first-order valence-corrected chi connectivity index (χ1v) is 10.6. The van der Waals surface area contributed by atoms with Crippen molar-refractivity contribution in [3.05, 3.63) is 84.2 Å². The Bertz CT molecular complexity index is 1120. The van der Waals surface area contributed by atoms with Crippen LogP contribution in [0.3, 0.4) is 0 Å². The average Bonchev–Trinajstić information content (AvgIpc) is 2.77. The number of aryl methyl sites for hydroxylation is 2. The van der Waals surface area contributed by atoms with Gasteiger partial charge in [0, 0.05) is 12.1 Å². The van der Waals surface area contributed by atoms with Gasteiger partial charge in [0.2, 0.25) is 10.4 Å². The van der Waals surface area contributed by atoms with Crippen molar-refractivity contribution in [2.45, 2.75) is 0 Å². The summed E-state index contributed by atoms with van der Waals surface area (Å²) in [5.41, 5.74) is 0.964. The molecule has 2 heterocycles. The lowest BCUT2D eigenvalue weighted by atomic mass is 10.1. The lowest BCUT2D eigenvalue weighted by Crippen LogP contribution is -2.33. The van der Waals surface area contributed by atoms with Gasteiger partial charge >= 0.3 is 11.8 Å². The number of hydrogen-bond donors (Lipinski definition) is 2. The fraction of sp³-hybridized carbons (Fsp3) is 0.143. The number of amides is 2. The first kappa shape index (κ1) is 24.6. The van der Waals surface area contributed by atoms with Gasteiger partial charge in [0.25, 0.3) is 11.6 Å². The predicted molar refractivity (Wildman–Crippen MR) is 114 cm³/mol. The summed E-state index contributed by atoms with van der Waals surface area (Å²) in [5.74, 6) is 0.924. The molecule has 0 bridgehead atoms. The zero-order valence-electron chi connectivity index (χ0n) is 17.7. The predicted octanol–water partition coefficient (Wildman–Crippen LogP) is 0.933. The number of nitrogens with zero attached hydrogens (tertiary/aromatic N) is 2. The maximum atomic E-state index is 12.4. The number of carbonyl (C=O) groups is 2. The summed E-state index contributed by atoms with van der Waals surface area (Å²) in [5, 5.41) is 5.69. The van der Waals surface area contributed by atoms with Gasteiger partial charge in [0.15, 0.2) is 0 Å². The Morgan fingerprint density at radius 2 is 1.12 bits per heavy atom. The molecule has 2 N–H and O–H groups in total. The number of benzene rings is 1. The Kier molecular flexibility index (Phi) is 8.53. The summed E-state index contributed by atoms with van der Waals surface area (Å²) in [7, 11) is 0.103. The van der Waals surface area contributed by atoms with Crippen molar-refractivity contribution in [3.63, 3.8) is 0 Å². The van der Waals surface area contributed by atoms with Crippen LogP contribution in [0.4, 0.5) is 11.6 Å². The van der Waals surface area contributed by atoms with Crippen LogP contribution in [0, 0.1) is 0 Å². The summed E-state index contributed by atoms with van der Waals surface area (Å²) in [6.45, 7) is 0. The number of hydrogen-bond acceptors (Lipinski definition) is 6. The zero-order valence-corrected chi connectivity index (χ0v) is 18.5. The first-order valence-electron chi connectivity index (χ1n) is 9.24. The van der Waals surface area contributed by atoms with Crippen LogP contribution in [0.25, 0.3) is 0 Å². The maximum Gasteiger partial charge on any atom is 0.339 e.